The summed E-state index contributed by atoms with van der Waals surface area (Å²) in [6.45, 7) is 6.37. The van der Waals surface area contributed by atoms with Gasteiger partial charge in [-0.1, -0.05) is 36.8 Å². The highest BCUT2D eigenvalue weighted by Gasteiger charge is 2.55. The third kappa shape index (κ3) is 3.81. The van der Waals surface area contributed by atoms with Crippen molar-refractivity contribution in [2.75, 3.05) is 39.3 Å². The minimum Gasteiger partial charge on any atom is -0.356 e. The molecule has 2 N–H and O–H groups in total. The quantitative estimate of drug-likeness (QED) is 0.739. The van der Waals surface area contributed by atoms with E-state index in [0.717, 1.165) is 64.4 Å². The van der Waals surface area contributed by atoms with Gasteiger partial charge in [-0.25, -0.2) is 0 Å². The number of hydrogen-bond acceptors (Lipinski definition) is 3. The van der Waals surface area contributed by atoms with Gasteiger partial charge in [0.25, 0.3) is 0 Å². The van der Waals surface area contributed by atoms with Crippen LogP contribution in [-0.2, 0) is 11.2 Å². The van der Waals surface area contributed by atoms with E-state index in [4.69, 9.17) is 0 Å². The molecule has 1 saturated heterocycles. The first-order valence-electron chi connectivity index (χ1n) is 10.5. The van der Waals surface area contributed by atoms with E-state index in [1.807, 2.05) is 0 Å². The lowest BCUT2D eigenvalue weighted by Gasteiger charge is -2.36. The van der Waals surface area contributed by atoms with Crippen LogP contribution in [0.1, 0.15) is 37.7 Å². The highest BCUT2D eigenvalue weighted by molar-refractivity contribution is 5.84. The zero-order valence-electron chi connectivity index (χ0n) is 15.9. The van der Waals surface area contributed by atoms with E-state index in [1.54, 1.807) is 0 Å². The summed E-state index contributed by atoms with van der Waals surface area (Å²) in [4.78, 5) is 15.8. The van der Waals surface area contributed by atoms with Crippen LogP contribution in [0.2, 0.25) is 0 Å². The molecule has 0 aromatic heterocycles. The molecule has 0 radical (unpaired) electrons. The van der Waals surface area contributed by atoms with E-state index >= 15 is 0 Å². The zero-order chi connectivity index (χ0) is 17.8. The maximum Gasteiger partial charge on any atom is 0.226 e. The summed E-state index contributed by atoms with van der Waals surface area (Å²) in [5.41, 5.74) is 1.16. The van der Waals surface area contributed by atoms with E-state index in [-0.39, 0.29) is 5.41 Å². The molecule has 142 valence electrons. The van der Waals surface area contributed by atoms with Gasteiger partial charge in [0.15, 0.2) is 0 Å². The van der Waals surface area contributed by atoms with Crippen LogP contribution >= 0.6 is 0 Å². The van der Waals surface area contributed by atoms with Gasteiger partial charge >= 0.3 is 0 Å². The van der Waals surface area contributed by atoms with Gasteiger partial charge in [-0.3, -0.25) is 4.79 Å². The van der Waals surface area contributed by atoms with Gasteiger partial charge < -0.3 is 15.5 Å². The Kier molecular flexibility index (Phi) is 5.60. The van der Waals surface area contributed by atoms with Crippen LogP contribution in [0.15, 0.2) is 30.3 Å². The topological polar surface area (TPSA) is 44.4 Å². The third-order valence-electron chi connectivity index (χ3n) is 6.94. The maximum atomic E-state index is 13.3. The van der Waals surface area contributed by atoms with E-state index in [1.165, 1.54) is 24.8 Å². The van der Waals surface area contributed by atoms with Crippen molar-refractivity contribution in [2.24, 2.45) is 17.3 Å². The molecule has 3 fully saturated rings. The molecule has 2 saturated carbocycles. The van der Waals surface area contributed by atoms with Gasteiger partial charge in [-0.05, 0) is 56.0 Å². The van der Waals surface area contributed by atoms with Gasteiger partial charge in [-0.2, -0.15) is 0 Å². The van der Waals surface area contributed by atoms with E-state index in [9.17, 15) is 4.79 Å². The molecule has 4 rings (SSSR count). The monoisotopic (exact) mass is 355 g/mol. The third-order valence-corrected chi connectivity index (χ3v) is 6.94. The number of benzene rings is 1. The second-order valence-corrected chi connectivity index (χ2v) is 8.60. The molecule has 2 aliphatic carbocycles. The molecule has 4 heteroatoms. The summed E-state index contributed by atoms with van der Waals surface area (Å²) in [6.07, 6.45) is 6.90. The van der Waals surface area contributed by atoms with Crippen LogP contribution < -0.4 is 10.6 Å². The standard InChI is InChI=1S/C22H33N3O/c26-21(24-9-4-12-25-13-10-23-11-14-25)22(16-18-5-2-1-3-6-18)17-19-7-8-20(22)15-19/h1-3,5-6,19-20,23H,4,7-17H2,(H,24,26). The summed E-state index contributed by atoms with van der Waals surface area (Å²) < 4.78 is 0. The molecule has 2 bridgehead atoms. The van der Waals surface area contributed by atoms with Gasteiger partial charge in [0.1, 0.15) is 0 Å². The van der Waals surface area contributed by atoms with Crippen molar-refractivity contribution < 1.29 is 4.79 Å². The molecular formula is C22H33N3O. The highest BCUT2D eigenvalue weighted by atomic mass is 16.2. The lowest BCUT2D eigenvalue weighted by atomic mass is 9.68. The first kappa shape index (κ1) is 18.0. The second-order valence-electron chi connectivity index (χ2n) is 8.60. The zero-order valence-corrected chi connectivity index (χ0v) is 15.9. The highest BCUT2D eigenvalue weighted by Crippen LogP contribution is 2.57. The molecule has 0 spiro atoms. The summed E-state index contributed by atoms with van der Waals surface area (Å²) >= 11 is 0. The Morgan fingerprint density at radius 2 is 2.00 bits per heavy atom. The Bertz CT molecular complexity index is 599. The average molecular weight is 356 g/mol. The van der Waals surface area contributed by atoms with E-state index in [2.05, 4.69) is 45.9 Å². The molecule has 26 heavy (non-hydrogen) atoms. The average Bonchev–Trinajstić information content (AvgIpc) is 3.28. The van der Waals surface area contributed by atoms with Crippen LogP contribution in [0.3, 0.4) is 0 Å². The first-order chi connectivity index (χ1) is 12.8. The predicted molar refractivity (Wildman–Crippen MR) is 105 cm³/mol. The summed E-state index contributed by atoms with van der Waals surface area (Å²) in [5.74, 6) is 1.69. The number of fused-ring (bicyclic) bond motifs is 2. The lowest BCUT2D eigenvalue weighted by molar-refractivity contribution is -0.134. The molecule has 1 amide bonds. The summed E-state index contributed by atoms with van der Waals surface area (Å²) in [5, 5.41) is 6.72. The SMILES string of the molecule is O=C(NCCCN1CCNCC1)C1(Cc2ccccc2)CC2CCC1C2. The number of rotatable bonds is 7. The van der Waals surface area contributed by atoms with Crippen molar-refractivity contribution in [3.8, 4) is 0 Å². The fraction of sp³-hybridized carbons (Fsp3) is 0.682. The van der Waals surface area contributed by atoms with Crippen molar-refractivity contribution >= 4 is 5.91 Å². The molecular weight excluding hydrogens is 322 g/mol. The maximum absolute atomic E-state index is 13.3. The number of piperazine rings is 1. The predicted octanol–water partition coefficient (Wildman–Crippen LogP) is 2.45. The lowest BCUT2D eigenvalue weighted by Crippen LogP contribution is -2.47. The Hall–Kier alpha value is -1.39. The Morgan fingerprint density at radius 3 is 2.69 bits per heavy atom. The fourth-order valence-corrected chi connectivity index (χ4v) is 5.59. The fourth-order valence-electron chi connectivity index (χ4n) is 5.59. The van der Waals surface area contributed by atoms with E-state index in [0.29, 0.717) is 11.8 Å². The second kappa shape index (κ2) is 8.10. The molecule has 3 unspecified atom stereocenters. The van der Waals surface area contributed by atoms with Crippen LogP contribution in [0.4, 0.5) is 0 Å². The molecule has 3 aliphatic rings. The van der Waals surface area contributed by atoms with Gasteiger partial charge in [-0.15, -0.1) is 0 Å². The number of nitrogens with one attached hydrogen (secondary N) is 2. The van der Waals surface area contributed by atoms with Gasteiger partial charge in [0, 0.05) is 32.7 Å². The molecule has 1 aliphatic heterocycles. The number of nitrogens with zero attached hydrogens (tertiary/aromatic N) is 1. The van der Waals surface area contributed by atoms with Crippen molar-refractivity contribution in [1.82, 2.24) is 15.5 Å². The minimum absolute atomic E-state index is 0.153. The van der Waals surface area contributed by atoms with Crippen LogP contribution in [0.5, 0.6) is 0 Å². The Balaban J connectivity index is 1.34. The van der Waals surface area contributed by atoms with Crippen molar-refractivity contribution in [1.29, 1.82) is 0 Å². The van der Waals surface area contributed by atoms with Crippen LogP contribution in [0, 0.1) is 17.3 Å². The summed E-state index contributed by atoms with van der Waals surface area (Å²) in [6, 6.07) is 10.6. The Labute approximate surface area is 157 Å². The number of carbonyl (C=O) groups is 1. The number of carbonyl (C=O) groups excluding carboxylic acids is 1. The van der Waals surface area contributed by atoms with Gasteiger partial charge in [0.05, 0.1) is 5.41 Å². The van der Waals surface area contributed by atoms with Crippen LogP contribution in [-0.4, -0.2) is 50.1 Å². The first-order valence-corrected chi connectivity index (χ1v) is 10.5. The van der Waals surface area contributed by atoms with Crippen LogP contribution in [0.25, 0.3) is 0 Å². The molecule has 1 aromatic rings. The smallest absolute Gasteiger partial charge is 0.226 e. The van der Waals surface area contributed by atoms with Crippen molar-refractivity contribution in [2.45, 2.75) is 38.5 Å². The normalized spacial score (nSPS) is 31.2. The molecule has 4 nitrogen and oxygen atoms in total. The summed E-state index contributed by atoms with van der Waals surface area (Å²) in [7, 11) is 0. The largest absolute Gasteiger partial charge is 0.356 e. The van der Waals surface area contributed by atoms with Crippen molar-refractivity contribution in [3.05, 3.63) is 35.9 Å². The van der Waals surface area contributed by atoms with Crippen molar-refractivity contribution in [3.63, 3.8) is 0 Å². The minimum atomic E-state index is -0.153. The number of amides is 1. The molecule has 1 heterocycles. The Morgan fingerprint density at radius 1 is 1.19 bits per heavy atom. The van der Waals surface area contributed by atoms with Gasteiger partial charge in [0.2, 0.25) is 5.91 Å². The van der Waals surface area contributed by atoms with E-state index < -0.39 is 0 Å². The molecule has 1 aromatic carbocycles. The molecule has 3 atom stereocenters. The number of hydrogen-bond donors (Lipinski definition) is 2.